The molecule has 0 bridgehead atoms. The van der Waals surface area contributed by atoms with Gasteiger partial charge in [-0.15, -0.1) is 11.3 Å². The van der Waals surface area contributed by atoms with Crippen LogP contribution in [0.15, 0.2) is 40.7 Å². The fraction of sp³-hybridized carbons (Fsp3) is 0.350. The second-order valence-corrected chi connectivity index (χ2v) is 9.00. The molecule has 2 amide bonds. The molecule has 5 nitrogen and oxygen atoms in total. The number of amidine groups is 1. The second-order valence-electron chi connectivity index (χ2n) is 6.55. The van der Waals surface area contributed by atoms with Gasteiger partial charge in [-0.3, -0.25) is 14.5 Å². The summed E-state index contributed by atoms with van der Waals surface area (Å²) in [5, 5.41) is 6.17. The van der Waals surface area contributed by atoms with Gasteiger partial charge in [-0.1, -0.05) is 35.5 Å². The van der Waals surface area contributed by atoms with Gasteiger partial charge in [-0.2, -0.15) is 0 Å². The number of nitrogens with one attached hydrogen (secondary N) is 1. The summed E-state index contributed by atoms with van der Waals surface area (Å²) in [6.07, 6.45) is 1.11. The maximum atomic E-state index is 13.1. The summed E-state index contributed by atoms with van der Waals surface area (Å²) in [5.74, 6) is 0.723. The van der Waals surface area contributed by atoms with Gasteiger partial charge in [0.1, 0.15) is 0 Å². The summed E-state index contributed by atoms with van der Waals surface area (Å²) in [5.41, 5.74) is 1.72. The zero-order valence-electron chi connectivity index (χ0n) is 15.8. The smallest absolute Gasteiger partial charge is 0.230 e. The minimum absolute atomic E-state index is 0.0451. The topological polar surface area (TPSA) is 61.8 Å². The molecule has 1 saturated heterocycles. The first-order valence-electron chi connectivity index (χ1n) is 9.02. The molecule has 1 aromatic heterocycles. The van der Waals surface area contributed by atoms with Crippen molar-refractivity contribution in [1.82, 2.24) is 10.2 Å². The molecule has 1 aliphatic rings. The van der Waals surface area contributed by atoms with Gasteiger partial charge in [0.25, 0.3) is 0 Å². The molecular formula is C20H22ClN3O2S2. The highest BCUT2D eigenvalue weighted by molar-refractivity contribution is 8.13. The van der Waals surface area contributed by atoms with Gasteiger partial charge in [-0.05, 0) is 42.5 Å². The monoisotopic (exact) mass is 435 g/mol. The molecule has 0 spiro atoms. The Morgan fingerprint density at radius 2 is 2.18 bits per heavy atom. The van der Waals surface area contributed by atoms with Crippen molar-refractivity contribution in [2.45, 2.75) is 32.7 Å². The maximum absolute atomic E-state index is 13.1. The lowest BCUT2D eigenvalue weighted by Gasteiger charge is -2.29. The van der Waals surface area contributed by atoms with E-state index in [1.807, 2.05) is 42.6 Å². The average molecular weight is 436 g/mol. The van der Waals surface area contributed by atoms with E-state index in [-0.39, 0.29) is 24.3 Å². The highest BCUT2D eigenvalue weighted by Crippen LogP contribution is 2.28. The van der Waals surface area contributed by atoms with Gasteiger partial charge in [-0.25, -0.2) is 4.99 Å². The number of benzene rings is 1. The van der Waals surface area contributed by atoms with E-state index in [4.69, 9.17) is 11.6 Å². The number of carbonyl (C=O) groups is 2. The second kappa shape index (κ2) is 9.58. The Balaban J connectivity index is 1.80. The minimum Gasteiger partial charge on any atom is -0.348 e. The number of hydrogen-bond donors (Lipinski definition) is 1. The van der Waals surface area contributed by atoms with Crippen LogP contribution in [0.4, 0.5) is 5.69 Å². The van der Waals surface area contributed by atoms with Crippen molar-refractivity contribution < 1.29 is 9.59 Å². The van der Waals surface area contributed by atoms with E-state index in [0.29, 0.717) is 16.7 Å². The van der Waals surface area contributed by atoms with Crippen LogP contribution >= 0.6 is 34.7 Å². The van der Waals surface area contributed by atoms with E-state index in [9.17, 15) is 9.59 Å². The number of amides is 2. The van der Waals surface area contributed by atoms with Crippen molar-refractivity contribution >= 4 is 57.4 Å². The van der Waals surface area contributed by atoms with Gasteiger partial charge in [0, 0.05) is 29.1 Å². The van der Waals surface area contributed by atoms with Crippen LogP contribution in [0, 0.1) is 6.92 Å². The predicted molar refractivity (Wildman–Crippen MR) is 118 cm³/mol. The Labute approximate surface area is 178 Å². The lowest BCUT2D eigenvalue weighted by atomic mass is 10.1. The molecule has 3 rings (SSSR count). The molecule has 2 heterocycles. The Kier molecular flexibility index (Phi) is 7.15. The molecule has 0 aliphatic carbocycles. The van der Waals surface area contributed by atoms with Crippen LogP contribution in [0.5, 0.6) is 0 Å². The van der Waals surface area contributed by atoms with Crippen LogP contribution in [-0.4, -0.2) is 34.2 Å². The van der Waals surface area contributed by atoms with E-state index in [0.717, 1.165) is 28.3 Å². The zero-order valence-corrected chi connectivity index (χ0v) is 18.2. The van der Waals surface area contributed by atoms with E-state index in [1.54, 1.807) is 16.7 Å². The number of carbonyl (C=O) groups excluding carboxylic acids is 2. The lowest BCUT2D eigenvalue weighted by Crippen LogP contribution is -2.41. The molecule has 0 radical (unpaired) electrons. The lowest BCUT2D eigenvalue weighted by molar-refractivity contribution is -0.128. The van der Waals surface area contributed by atoms with Crippen LogP contribution in [0.1, 0.15) is 36.2 Å². The Hall–Kier alpha value is -1.83. The van der Waals surface area contributed by atoms with Gasteiger partial charge in [0.15, 0.2) is 5.17 Å². The third-order valence-corrected chi connectivity index (χ3v) is 6.77. The largest absolute Gasteiger partial charge is 0.348 e. The molecule has 0 saturated carbocycles. The van der Waals surface area contributed by atoms with Crippen LogP contribution in [-0.2, 0) is 9.59 Å². The number of hydrogen-bond acceptors (Lipinski definition) is 5. The van der Waals surface area contributed by atoms with E-state index < -0.39 is 0 Å². The molecule has 1 aliphatic heterocycles. The Bertz CT molecular complexity index is 884. The summed E-state index contributed by atoms with van der Waals surface area (Å²) in [4.78, 5) is 32.0. The van der Waals surface area contributed by atoms with Crippen LogP contribution < -0.4 is 5.32 Å². The quantitative estimate of drug-likeness (QED) is 0.724. The number of halogens is 1. The molecule has 0 unspecified atom stereocenters. The first-order valence-corrected chi connectivity index (χ1v) is 11.3. The van der Waals surface area contributed by atoms with Crippen molar-refractivity contribution in [3.63, 3.8) is 0 Å². The van der Waals surface area contributed by atoms with Crippen molar-refractivity contribution in [2.24, 2.45) is 4.99 Å². The van der Waals surface area contributed by atoms with Crippen LogP contribution in [0.25, 0.3) is 0 Å². The highest BCUT2D eigenvalue weighted by Gasteiger charge is 2.27. The normalized spacial score (nSPS) is 16.8. The average Bonchev–Trinajstić information content (AvgIpc) is 3.19. The zero-order chi connectivity index (χ0) is 20.1. The molecule has 2 aromatic rings. The van der Waals surface area contributed by atoms with Crippen LogP contribution in [0.3, 0.4) is 0 Å². The number of rotatable bonds is 5. The van der Waals surface area contributed by atoms with Gasteiger partial charge in [0.05, 0.1) is 18.2 Å². The fourth-order valence-corrected chi connectivity index (χ4v) is 4.82. The fourth-order valence-electron chi connectivity index (χ4n) is 2.89. The van der Waals surface area contributed by atoms with E-state index >= 15 is 0 Å². The van der Waals surface area contributed by atoms with E-state index in [1.165, 1.54) is 18.3 Å². The van der Waals surface area contributed by atoms with Crippen molar-refractivity contribution in [2.75, 3.05) is 12.3 Å². The van der Waals surface area contributed by atoms with E-state index in [2.05, 4.69) is 10.3 Å². The number of thiophene rings is 1. The number of aliphatic imine (C=N–C) groups is 1. The molecule has 1 fully saturated rings. The van der Waals surface area contributed by atoms with Crippen molar-refractivity contribution in [3.8, 4) is 0 Å². The van der Waals surface area contributed by atoms with Crippen LogP contribution in [0.2, 0.25) is 5.02 Å². The predicted octanol–water partition coefficient (Wildman–Crippen LogP) is 4.93. The third kappa shape index (κ3) is 5.37. The summed E-state index contributed by atoms with van der Waals surface area (Å²) in [6, 6.07) is 9.17. The van der Waals surface area contributed by atoms with Crippen molar-refractivity contribution in [3.05, 3.63) is 51.2 Å². The summed E-state index contributed by atoms with van der Waals surface area (Å²) < 4.78 is 0. The SMILES string of the molecule is CC(=O)N[C@@H](CC(=O)N1CCCSC1=Nc1ccc(C)c(Cl)c1)c1cccs1. The molecule has 1 N–H and O–H groups in total. The molecule has 1 atom stereocenters. The molecule has 1 aromatic carbocycles. The van der Waals surface area contributed by atoms with Gasteiger partial charge < -0.3 is 5.32 Å². The molecule has 148 valence electrons. The summed E-state index contributed by atoms with van der Waals surface area (Å²) in [7, 11) is 0. The molecule has 28 heavy (non-hydrogen) atoms. The highest BCUT2D eigenvalue weighted by atomic mass is 35.5. The summed E-state index contributed by atoms with van der Waals surface area (Å²) in [6.45, 7) is 4.04. The standard InChI is InChI=1S/C20H22ClN3O2S2/c1-13-6-7-15(11-16(13)21)23-20-24(8-4-10-28-20)19(26)12-17(22-14(2)25)18-5-3-9-27-18/h3,5-7,9,11,17H,4,8,10,12H2,1-2H3,(H,22,25)/t17-/m0/s1. The number of thioether (sulfide) groups is 1. The van der Waals surface area contributed by atoms with Gasteiger partial charge >= 0.3 is 0 Å². The third-order valence-electron chi connectivity index (χ3n) is 4.31. The maximum Gasteiger partial charge on any atom is 0.230 e. The first kappa shape index (κ1) is 20.9. The first-order chi connectivity index (χ1) is 13.4. The Morgan fingerprint density at radius 3 is 2.86 bits per heavy atom. The summed E-state index contributed by atoms with van der Waals surface area (Å²) >= 11 is 9.31. The number of nitrogens with zero attached hydrogens (tertiary/aromatic N) is 2. The molecular weight excluding hydrogens is 414 g/mol. The minimum atomic E-state index is -0.327. The molecule has 8 heteroatoms. The van der Waals surface area contributed by atoms with Gasteiger partial charge in [0.2, 0.25) is 11.8 Å². The van der Waals surface area contributed by atoms with Crippen molar-refractivity contribution in [1.29, 1.82) is 0 Å². The Morgan fingerprint density at radius 1 is 1.36 bits per heavy atom. The number of aryl methyl sites for hydroxylation is 1.